The van der Waals surface area contributed by atoms with Crippen LogP contribution in [0.5, 0.6) is 0 Å². The molecule has 0 aliphatic rings. The van der Waals surface area contributed by atoms with E-state index in [0.717, 1.165) is 6.61 Å². The zero-order chi connectivity index (χ0) is 9.68. The van der Waals surface area contributed by atoms with Crippen LogP contribution in [0, 0.1) is 0 Å². The molecule has 1 rings (SSSR count). The Kier molecular flexibility index (Phi) is 4.15. The summed E-state index contributed by atoms with van der Waals surface area (Å²) in [5, 5.41) is 1.34. The van der Waals surface area contributed by atoms with E-state index >= 15 is 0 Å². The first kappa shape index (κ1) is 10.4. The van der Waals surface area contributed by atoms with Crippen molar-refractivity contribution in [3.8, 4) is 0 Å². The van der Waals surface area contributed by atoms with Crippen molar-refractivity contribution in [1.29, 1.82) is 0 Å². The highest BCUT2D eigenvalue weighted by atomic mass is 28.3. The molecular weight excluding hydrogens is 178 g/mol. The van der Waals surface area contributed by atoms with E-state index in [0.29, 0.717) is 0 Å². The van der Waals surface area contributed by atoms with Crippen molar-refractivity contribution in [3.05, 3.63) is 30.3 Å². The van der Waals surface area contributed by atoms with Crippen LogP contribution in [0.4, 0.5) is 0 Å². The van der Waals surface area contributed by atoms with Crippen molar-refractivity contribution in [2.24, 2.45) is 0 Å². The molecule has 1 aromatic rings. The second kappa shape index (κ2) is 5.17. The van der Waals surface area contributed by atoms with Gasteiger partial charge in [0.05, 0.1) is 0 Å². The normalized spacial score (nSPS) is 13.2. The van der Waals surface area contributed by atoms with Gasteiger partial charge >= 0.3 is 0 Å². The third-order valence-corrected chi connectivity index (χ3v) is 4.42. The predicted molar refractivity (Wildman–Crippen MR) is 58.5 cm³/mol. The van der Waals surface area contributed by atoms with Crippen molar-refractivity contribution in [3.63, 3.8) is 0 Å². The quantitative estimate of drug-likeness (QED) is 0.656. The third kappa shape index (κ3) is 2.95. The average Bonchev–Trinajstić information content (AvgIpc) is 2.15. The second-order valence-electron chi connectivity index (χ2n) is 3.18. The minimum Gasteiger partial charge on any atom is -0.402 e. The molecule has 0 radical (unpaired) electrons. The highest BCUT2D eigenvalue weighted by Gasteiger charge is 2.16. The van der Waals surface area contributed by atoms with Crippen molar-refractivity contribution in [2.75, 3.05) is 20.7 Å². The summed E-state index contributed by atoms with van der Waals surface area (Å²) in [6.45, 7) is 2.84. The van der Waals surface area contributed by atoms with Gasteiger partial charge in [0.1, 0.15) is 0 Å². The summed E-state index contributed by atoms with van der Waals surface area (Å²) in [6, 6.07) is 10.5. The lowest BCUT2D eigenvalue weighted by molar-refractivity contribution is 0.313. The molecule has 3 heteroatoms. The third-order valence-electron chi connectivity index (χ3n) is 1.88. The number of benzene rings is 1. The molecule has 1 unspecified atom stereocenters. The van der Waals surface area contributed by atoms with E-state index < -0.39 is 9.20 Å². The smallest absolute Gasteiger partial charge is 0.287 e. The van der Waals surface area contributed by atoms with Crippen LogP contribution < -0.4 is 5.19 Å². The molecule has 1 aromatic carbocycles. The summed E-state index contributed by atoms with van der Waals surface area (Å²) in [6.07, 6.45) is 0. The average molecular weight is 195 g/mol. The summed E-state index contributed by atoms with van der Waals surface area (Å²) in [7, 11) is 2.83. The number of rotatable bonds is 4. The molecule has 0 fully saturated rings. The summed E-state index contributed by atoms with van der Waals surface area (Å²) in [4.78, 5) is 0. The summed E-state index contributed by atoms with van der Waals surface area (Å²) >= 11 is 0. The number of nitrogens with zero attached hydrogens (tertiary/aromatic N) is 1. The standard InChI is InChI=1S/C10H17NOSi/c1-4-12-13(11(2)3)10-8-6-5-7-9-10/h5-9,13H,4H2,1-3H3. The van der Waals surface area contributed by atoms with E-state index in [1.165, 1.54) is 5.19 Å². The van der Waals surface area contributed by atoms with Crippen LogP contribution in [-0.4, -0.2) is 34.5 Å². The van der Waals surface area contributed by atoms with E-state index in [-0.39, 0.29) is 0 Å². The Hall–Kier alpha value is -0.643. The van der Waals surface area contributed by atoms with Crippen LogP contribution in [0.3, 0.4) is 0 Å². The van der Waals surface area contributed by atoms with Crippen molar-refractivity contribution < 1.29 is 4.43 Å². The van der Waals surface area contributed by atoms with E-state index in [2.05, 4.69) is 42.9 Å². The fourth-order valence-corrected chi connectivity index (χ4v) is 3.27. The molecule has 1 atom stereocenters. The molecule has 0 bridgehead atoms. The zero-order valence-electron chi connectivity index (χ0n) is 8.53. The van der Waals surface area contributed by atoms with Gasteiger partial charge in [0, 0.05) is 6.61 Å². The molecule has 2 nitrogen and oxygen atoms in total. The van der Waals surface area contributed by atoms with Crippen molar-refractivity contribution >= 4 is 14.4 Å². The summed E-state index contributed by atoms with van der Waals surface area (Å²) in [5.74, 6) is 0. The van der Waals surface area contributed by atoms with Gasteiger partial charge in [0.2, 0.25) is 0 Å². The second-order valence-corrected chi connectivity index (χ2v) is 5.92. The maximum Gasteiger partial charge on any atom is 0.287 e. The van der Waals surface area contributed by atoms with E-state index in [9.17, 15) is 0 Å². The van der Waals surface area contributed by atoms with Gasteiger partial charge in [-0.15, -0.1) is 0 Å². The van der Waals surface area contributed by atoms with Crippen LogP contribution in [0.1, 0.15) is 6.92 Å². The maximum absolute atomic E-state index is 5.75. The van der Waals surface area contributed by atoms with Gasteiger partial charge in [0.15, 0.2) is 0 Å². The Labute approximate surface area is 81.9 Å². The molecular formula is C10H17NOSi. The SMILES string of the molecule is CCO[SiH](c1ccccc1)N(C)C. The fraction of sp³-hybridized carbons (Fsp3) is 0.400. The maximum atomic E-state index is 5.75. The van der Waals surface area contributed by atoms with Crippen LogP contribution in [0.15, 0.2) is 30.3 Å². The highest BCUT2D eigenvalue weighted by molar-refractivity contribution is 6.64. The minimum absolute atomic E-state index is 0.796. The number of hydrogen-bond donors (Lipinski definition) is 0. The molecule has 0 spiro atoms. The molecule has 13 heavy (non-hydrogen) atoms. The Morgan fingerprint density at radius 2 is 1.85 bits per heavy atom. The molecule has 0 heterocycles. The van der Waals surface area contributed by atoms with Gasteiger partial charge in [-0.05, 0) is 26.2 Å². The minimum atomic E-state index is -1.33. The number of hydrogen-bond acceptors (Lipinski definition) is 2. The lowest BCUT2D eigenvalue weighted by atomic mass is 10.4. The molecule has 0 saturated heterocycles. The first-order chi connectivity index (χ1) is 6.25. The van der Waals surface area contributed by atoms with E-state index in [1.807, 2.05) is 13.0 Å². The Balaban J connectivity index is 2.76. The van der Waals surface area contributed by atoms with E-state index in [4.69, 9.17) is 4.43 Å². The Bertz CT molecular complexity index is 238. The lowest BCUT2D eigenvalue weighted by Crippen LogP contribution is -2.46. The van der Waals surface area contributed by atoms with Gasteiger partial charge in [0.25, 0.3) is 9.20 Å². The van der Waals surface area contributed by atoms with Crippen molar-refractivity contribution in [2.45, 2.75) is 6.92 Å². The predicted octanol–water partition coefficient (Wildman–Crippen LogP) is 0.712. The van der Waals surface area contributed by atoms with Crippen LogP contribution in [0.2, 0.25) is 0 Å². The topological polar surface area (TPSA) is 12.5 Å². The molecule has 0 aliphatic carbocycles. The Morgan fingerprint density at radius 1 is 1.23 bits per heavy atom. The first-order valence-electron chi connectivity index (χ1n) is 4.58. The lowest BCUT2D eigenvalue weighted by Gasteiger charge is -2.21. The van der Waals surface area contributed by atoms with Crippen LogP contribution >= 0.6 is 0 Å². The van der Waals surface area contributed by atoms with Crippen molar-refractivity contribution in [1.82, 2.24) is 4.57 Å². The largest absolute Gasteiger partial charge is 0.402 e. The molecule has 0 amide bonds. The molecule has 72 valence electrons. The molecule has 0 aromatic heterocycles. The Morgan fingerprint density at radius 3 is 2.31 bits per heavy atom. The first-order valence-corrected chi connectivity index (χ1v) is 6.15. The highest BCUT2D eigenvalue weighted by Crippen LogP contribution is 1.93. The molecule has 0 aliphatic heterocycles. The van der Waals surface area contributed by atoms with Crippen LogP contribution in [-0.2, 0) is 4.43 Å². The van der Waals surface area contributed by atoms with Gasteiger partial charge in [-0.3, -0.25) is 0 Å². The molecule has 0 N–H and O–H groups in total. The zero-order valence-corrected chi connectivity index (χ0v) is 9.68. The van der Waals surface area contributed by atoms with Crippen LogP contribution in [0.25, 0.3) is 0 Å². The van der Waals surface area contributed by atoms with Gasteiger partial charge < -0.3 is 8.99 Å². The van der Waals surface area contributed by atoms with E-state index in [1.54, 1.807) is 0 Å². The fourth-order valence-electron chi connectivity index (χ4n) is 1.32. The van der Waals surface area contributed by atoms with Gasteiger partial charge in [-0.2, -0.15) is 0 Å². The summed E-state index contributed by atoms with van der Waals surface area (Å²) in [5.41, 5.74) is 0. The van der Waals surface area contributed by atoms with Gasteiger partial charge in [-0.1, -0.05) is 30.3 Å². The summed E-state index contributed by atoms with van der Waals surface area (Å²) < 4.78 is 7.96. The van der Waals surface area contributed by atoms with Gasteiger partial charge in [-0.25, -0.2) is 0 Å². The monoisotopic (exact) mass is 195 g/mol. The molecule has 0 saturated carbocycles.